The van der Waals surface area contributed by atoms with Gasteiger partial charge in [-0.3, -0.25) is 0 Å². The van der Waals surface area contributed by atoms with Gasteiger partial charge in [-0.2, -0.15) is 13.2 Å². The molecule has 0 fully saturated rings. The molecule has 2 amide bonds. The Morgan fingerprint density at radius 3 is 2.55 bits per heavy atom. The van der Waals surface area contributed by atoms with E-state index in [4.69, 9.17) is 0 Å². The van der Waals surface area contributed by atoms with E-state index < -0.39 is 56.8 Å². The number of aromatic amines is 1. The van der Waals surface area contributed by atoms with E-state index in [-0.39, 0.29) is 11.6 Å². The third-order valence-electron chi connectivity index (χ3n) is 5.70. The molecular weight excluding hydrogens is 598 g/mol. The van der Waals surface area contributed by atoms with Crippen LogP contribution in [-0.4, -0.2) is 60.1 Å². The normalized spacial score (nSPS) is 12.7. The van der Waals surface area contributed by atoms with Crippen molar-refractivity contribution in [1.29, 1.82) is 0 Å². The van der Waals surface area contributed by atoms with Crippen LogP contribution < -0.4 is 20.3 Å². The number of carbonyl (C=O) groups excluding carboxylic acids is 2. The summed E-state index contributed by atoms with van der Waals surface area (Å²) in [5.41, 5.74) is 2.15. The number of rotatable bonds is 9. The number of fused-ring (bicyclic) bond motifs is 1. The summed E-state index contributed by atoms with van der Waals surface area (Å²) in [5, 5.41) is 7.99. The van der Waals surface area contributed by atoms with Gasteiger partial charge in [0.15, 0.2) is 0 Å². The van der Waals surface area contributed by atoms with Crippen LogP contribution in [0, 0.1) is 17.6 Å². The van der Waals surface area contributed by atoms with Gasteiger partial charge in [-0.05, 0) is 0 Å². The minimum Gasteiger partial charge on any atom is -0.169 e. The first kappa shape index (κ1) is 29.0. The van der Waals surface area contributed by atoms with E-state index in [1.807, 2.05) is 5.32 Å². The Balaban J connectivity index is 1.52. The maximum absolute atomic E-state index is 13.9. The molecule has 0 saturated heterocycles. The summed E-state index contributed by atoms with van der Waals surface area (Å²) >= 11 is -1.13. The number of hydrogen-bond donors (Lipinski definition) is 4. The second-order valence-corrected chi connectivity index (χ2v) is 11.5. The summed E-state index contributed by atoms with van der Waals surface area (Å²) in [5.74, 6) is -2.75. The summed E-state index contributed by atoms with van der Waals surface area (Å²) in [7, 11) is 0. The summed E-state index contributed by atoms with van der Waals surface area (Å²) in [4.78, 5) is 36.6. The molecule has 4 N–H and O–H groups in total. The standard InChI is InChI=1S/C26H23AsF5N6O2/c1-13(2)22(24(39)36-12-26(30,31)32)37-17-5-14(8-33-10-17)19-11-35-23-18(19)6-15(9-34-23)27-25(40)38-21-4-3-16(28)7-20(21)29/h3-11,13,22,37H,12H2,1-2H3,(H,34,35)(H,36,39)(H,38,40)/t22-/m0/s1. The molecule has 8 nitrogen and oxygen atoms in total. The van der Waals surface area contributed by atoms with Crippen LogP contribution in [-0.2, 0) is 4.79 Å². The molecule has 0 aliphatic heterocycles. The zero-order valence-corrected chi connectivity index (χ0v) is 23.0. The summed E-state index contributed by atoms with van der Waals surface area (Å²) in [6.45, 7) is 1.98. The number of amides is 2. The molecular formula is C26H23AsF5N6O2. The van der Waals surface area contributed by atoms with Gasteiger partial charge in [0.2, 0.25) is 0 Å². The molecule has 40 heavy (non-hydrogen) atoms. The van der Waals surface area contributed by atoms with Crippen molar-refractivity contribution in [3.63, 3.8) is 0 Å². The van der Waals surface area contributed by atoms with E-state index >= 15 is 0 Å². The van der Waals surface area contributed by atoms with Crippen LogP contribution in [0.2, 0.25) is 0 Å². The monoisotopic (exact) mass is 621 g/mol. The van der Waals surface area contributed by atoms with Gasteiger partial charge in [-0.25, -0.2) is 0 Å². The topological polar surface area (TPSA) is 112 Å². The fourth-order valence-electron chi connectivity index (χ4n) is 3.82. The van der Waals surface area contributed by atoms with Crippen molar-refractivity contribution in [3.8, 4) is 11.1 Å². The van der Waals surface area contributed by atoms with Crippen molar-refractivity contribution in [2.24, 2.45) is 5.92 Å². The number of alkyl halides is 3. The number of aromatic nitrogens is 3. The van der Waals surface area contributed by atoms with Crippen molar-refractivity contribution in [3.05, 3.63) is 66.8 Å². The van der Waals surface area contributed by atoms with Crippen molar-refractivity contribution in [1.82, 2.24) is 20.3 Å². The van der Waals surface area contributed by atoms with Crippen LogP contribution in [0.25, 0.3) is 22.2 Å². The maximum atomic E-state index is 13.9. The zero-order valence-electron chi connectivity index (χ0n) is 21.1. The summed E-state index contributed by atoms with van der Waals surface area (Å²) in [6, 6.07) is 5.41. The number of nitrogens with zero attached hydrogens (tertiary/aromatic N) is 2. The molecule has 1 aromatic carbocycles. The van der Waals surface area contributed by atoms with Crippen molar-refractivity contribution >= 4 is 53.1 Å². The van der Waals surface area contributed by atoms with Crippen LogP contribution in [0.15, 0.2) is 55.1 Å². The Kier molecular flexibility index (Phi) is 8.72. The minimum atomic E-state index is -4.53. The summed E-state index contributed by atoms with van der Waals surface area (Å²) in [6.07, 6.45) is 1.74. The van der Waals surface area contributed by atoms with Crippen LogP contribution >= 0.6 is 0 Å². The first-order valence-electron chi connectivity index (χ1n) is 11.9. The first-order valence-corrected chi connectivity index (χ1v) is 13.8. The smallest absolute Gasteiger partial charge is 0.169 e. The van der Waals surface area contributed by atoms with Gasteiger partial charge in [0.05, 0.1) is 0 Å². The number of halogens is 5. The van der Waals surface area contributed by atoms with Gasteiger partial charge in [-0.15, -0.1) is 0 Å². The Hall–Kier alpha value is -3.99. The Labute approximate surface area is 231 Å². The molecule has 14 heteroatoms. The molecule has 1 radical (unpaired) electrons. The SMILES string of the molecule is CC(C)[C@H](Nc1cncc(-c2c[nH]c3ncc([As]C(=O)Nc4ccc(F)cc4F)cc23)c1)C(=O)NCC(F)(F)F. The third kappa shape index (κ3) is 7.35. The van der Waals surface area contributed by atoms with Crippen LogP contribution in [0.4, 0.5) is 38.1 Å². The third-order valence-corrected chi connectivity index (χ3v) is 7.42. The number of carbonyl (C=O) groups is 2. The van der Waals surface area contributed by atoms with Crippen molar-refractivity contribution < 1.29 is 31.5 Å². The Morgan fingerprint density at radius 1 is 1.07 bits per heavy atom. The average Bonchev–Trinajstić information content (AvgIpc) is 3.30. The average molecular weight is 621 g/mol. The molecule has 1 atom stereocenters. The number of pyridine rings is 2. The number of H-pyrrole nitrogens is 1. The number of hydrogen-bond acceptors (Lipinski definition) is 5. The minimum absolute atomic E-state index is 0.125. The fourth-order valence-corrected chi connectivity index (χ4v) is 5.33. The molecule has 0 saturated carbocycles. The van der Waals surface area contributed by atoms with Gasteiger partial charge in [0.1, 0.15) is 0 Å². The molecule has 0 unspecified atom stereocenters. The molecule has 209 valence electrons. The molecule has 0 aliphatic rings. The van der Waals surface area contributed by atoms with Gasteiger partial charge in [0.25, 0.3) is 0 Å². The van der Waals surface area contributed by atoms with Crippen LogP contribution in [0.5, 0.6) is 0 Å². The number of nitrogens with one attached hydrogen (secondary N) is 4. The fraction of sp³-hybridized carbons (Fsp3) is 0.231. The molecule has 4 aromatic rings. The quantitative estimate of drug-likeness (QED) is 0.162. The van der Waals surface area contributed by atoms with E-state index in [9.17, 15) is 31.5 Å². The molecule has 4 rings (SSSR count). The van der Waals surface area contributed by atoms with E-state index in [1.165, 1.54) is 12.4 Å². The van der Waals surface area contributed by atoms with Crippen LogP contribution in [0.1, 0.15) is 13.8 Å². The first-order chi connectivity index (χ1) is 18.9. The predicted octanol–water partition coefficient (Wildman–Crippen LogP) is 4.58. The van der Waals surface area contributed by atoms with Crippen molar-refractivity contribution in [2.45, 2.75) is 26.1 Å². The zero-order chi connectivity index (χ0) is 29.0. The second kappa shape index (κ2) is 12.0. The van der Waals surface area contributed by atoms with E-state index in [1.54, 1.807) is 38.4 Å². The Morgan fingerprint density at radius 2 is 1.85 bits per heavy atom. The van der Waals surface area contributed by atoms with E-state index in [0.29, 0.717) is 38.3 Å². The van der Waals surface area contributed by atoms with E-state index in [2.05, 4.69) is 25.6 Å². The number of benzene rings is 1. The van der Waals surface area contributed by atoms with Gasteiger partial charge in [0, 0.05) is 0 Å². The van der Waals surface area contributed by atoms with E-state index in [0.717, 1.165) is 12.1 Å². The molecule has 0 aliphatic carbocycles. The Bertz CT molecular complexity index is 1540. The van der Waals surface area contributed by atoms with Crippen molar-refractivity contribution in [2.75, 3.05) is 17.2 Å². The molecule has 0 spiro atoms. The molecule has 0 bridgehead atoms. The van der Waals surface area contributed by atoms with Gasteiger partial charge in [-0.1, -0.05) is 0 Å². The van der Waals surface area contributed by atoms with Gasteiger partial charge >= 0.3 is 219 Å². The second-order valence-electron chi connectivity index (χ2n) is 9.12. The van der Waals surface area contributed by atoms with Crippen LogP contribution in [0.3, 0.4) is 0 Å². The summed E-state index contributed by atoms with van der Waals surface area (Å²) < 4.78 is 64.9. The van der Waals surface area contributed by atoms with Gasteiger partial charge < -0.3 is 0 Å². The molecule has 3 aromatic heterocycles. The molecule has 3 heterocycles. The predicted molar refractivity (Wildman–Crippen MR) is 141 cm³/mol. The number of anilines is 2.